The van der Waals surface area contributed by atoms with Gasteiger partial charge in [-0.15, -0.1) is 0 Å². The fourth-order valence-electron chi connectivity index (χ4n) is 2.63. The molecule has 6 nitrogen and oxygen atoms in total. The Hall–Kier alpha value is -0.950. The number of carbonyl (C=O) groups excluding carboxylic acids is 1. The molecule has 2 saturated heterocycles. The molecular formula is C14H22O6. The Balaban J connectivity index is 2.05. The van der Waals surface area contributed by atoms with Crippen LogP contribution < -0.4 is 0 Å². The van der Waals surface area contributed by atoms with Crippen LogP contribution in [0.3, 0.4) is 0 Å². The molecule has 4 atom stereocenters. The first-order chi connectivity index (χ1) is 9.32. The second-order valence-corrected chi connectivity index (χ2v) is 5.72. The zero-order chi connectivity index (χ0) is 14.9. The van der Waals surface area contributed by atoms with Crippen molar-refractivity contribution < 1.29 is 28.8 Å². The molecule has 6 heteroatoms. The van der Waals surface area contributed by atoms with Gasteiger partial charge in [0.25, 0.3) is 0 Å². The summed E-state index contributed by atoms with van der Waals surface area (Å²) in [6.07, 6.45) is 0.297. The first kappa shape index (κ1) is 15.4. The number of rotatable bonds is 3. The van der Waals surface area contributed by atoms with Gasteiger partial charge in [-0.1, -0.05) is 5.57 Å². The van der Waals surface area contributed by atoms with Gasteiger partial charge in [0.2, 0.25) is 0 Å². The molecule has 114 valence electrons. The maximum Gasteiger partial charge on any atom is 0.330 e. The first-order valence-corrected chi connectivity index (χ1v) is 6.73. The summed E-state index contributed by atoms with van der Waals surface area (Å²) in [5, 5.41) is 9.93. The molecule has 2 aliphatic rings. The molecule has 20 heavy (non-hydrogen) atoms. The molecule has 0 saturated carbocycles. The normalized spacial score (nSPS) is 36.5. The van der Waals surface area contributed by atoms with Crippen LogP contribution in [-0.4, -0.2) is 55.0 Å². The average molecular weight is 286 g/mol. The molecule has 2 aliphatic heterocycles. The predicted octanol–water partition coefficient (Wildman–Crippen LogP) is 0.776. The number of carbonyl (C=O) groups is 1. The van der Waals surface area contributed by atoms with Gasteiger partial charge in [-0.25, -0.2) is 4.79 Å². The topological polar surface area (TPSA) is 74.2 Å². The lowest BCUT2D eigenvalue weighted by atomic mass is 9.95. The van der Waals surface area contributed by atoms with Crippen LogP contribution in [0.2, 0.25) is 0 Å². The van der Waals surface area contributed by atoms with Gasteiger partial charge in [0.05, 0.1) is 19.8 Å². The number of hydrogen-bond donors (Lipinski definition) is 1. The number of ether oxygens (including phenoxy) is 4. The van der Waals surface area contributed by atoms with Crippen LogP contribution in [0.4, 0.5) is 0 Å². The van der Waals surface area contributed by atoms with Gasteiger partial charge in [-0.3, -0.25) is 0 Å². The summed E-state index contributed by atoms with van der Waals surface area (Å²) < 4.78 is 21.8. The van der Waals surface area contributed by atoms with Crippen molar-refractivity contribution in [1.82, 2.24) is 0 Å². The quantitative estimate of drug-likeness (QED) is 0.610. The van der Waals surface area contributed by atoms with Crippen molar-refractivity contribution in [1.29, 1.82) is 0 Å². The molecular weight excluding hydrogens is 264 g/mol. The minimum Gasteiger partial charge on any atom is -0.466 e. The molecule has 0 aromatic rings. The van der Waals surface area contributed by atoms with E-state index < -0.39 is 18.0 Å². The Bertz CT molecular complexity index is 402. The molecule has 1 N–H and O–H groups in total. The van der Waals surface area contributed by atoms with Gasteiger partial charge in [0.15, 0.2) is 5.79 Å². The summed E-state index contributed by atoms with van der Waals surface area (Å²) in [7, 11) is 1.34. The van der Waals surface area contributed by atoms with Crippen molar-refractivity contribution in [2.45, 2.75) is 57.4 Å². The number of hydrogen-bond acceptors (Lipinski definition) is 6. The van der Waals surface area contributed by atoms with E-state index in [0.717, 1.165) is 5.57 Å². The lowest BCUT2D eigenvalue weighted by molar-refractivity contribution is -0.153. The standard InChI is InChI=1S/C14H22O6/c1-8(6-11(16)17-4)5-10-13-12(9(15)7-18-10)19-14(2,3)20-13/h6,9-10,12-13,15H,5,7H2,1-4H3/b8-6+. The molecule has 0 aliphatic carbocycles. The number of methoxy groups -OCH3 is 1. The third-order valence-corrected chi connectivity index (χ3v) is 3.48. The van der Waals surface area contributed by atoms with Gasteiger partial charge in [-0.2, -0.15) is 0 Å². The highest BCUT2D eigenvalue weighted by Crippen LogP contribution is 2.37. The highest BCUT2D eigenvalue weighted by molar-refractivity contribution is 5.82. The zero-order valence-electron chi connectivity index (χ0n) is 12.3. The second-order valence-electron chi connectivity index (χ2n) is 5.72. The molecule has 0 aromatic heterocycles. The van der Waals surface area contributed by atoms with Gasteiger partial charge < -0.3 is 24.1 Å². The van der Waals surface area contributed by atoms with E-state index in [9.17, 15) is 9.90 Å². The Labute approximate surface area is 118 Å². The van der Waals surface area contributed by atoms with Crippen LogP contribution in [0, 0.1) is 0 Å². The average Bonchev–Trinajstić information content (AvgIpc) is 2.69. The summed E-state index contributed by atoms with van der Waals surface area (Å²) in [6, 6.07) is 0. The molecule has 0 aromatic carbocycles. The van der Waals surface area contributed by atoms with Crippen LogP contribution in [0.1, 0.15) is 27.2 Å². The minimum atomic E-state index is -0.734. The highest BCUT2D eigenvalue weighted by atomic mass is 16.8. The van der Waals surface area contributed by atoms with E-state index in [0.29, 0.717) is 6.42 Å². The SMILES string of the molecule is COC(=O)/C=C(\C)CC1OCC(O)C2OC(C)(C)OC12. The maximum atomic E-state index is 11.2. The lowest BCUT2D eigenvalue weighted by Crippen LogP contribution is -2.51. The number of fused-ring (bicyclic) bond motifs is 1. The van der Waals surface area contributed by atoms with E-state index in [1.165, 1.54) is 13.2 Å². The van der Waals surface area contributed by atoms with Crippen molar-refractivity contribution in [3.63, 3.8) is 0 Å². The first-order valence-electron chi connectivity index (χ1n) is 6.73. The van der Waals surface area contributed by atoms with E-state index in [4.69, 9.17) is 14.2 Å². The van der Waals surface area contributed by atoms with Crippen molar-refractivity contribution >= 4 is 5.97 Å². The summed E-state index contributed by atoms with van der Waals surface area (Å²) in [6.45, 7) is 5.66. The van der Waals surface area contributed by atoms with Crippen molar-refractivity contribution in [2.75, 3.05) is 13.7 Å². The van der Waals surface area contributed by atoms with Crippen LogP contribution >= 0.6 is 0 Å². The maximum absolute atomic E-state index is 11.2. The number of esters is 1. The molecule has 0 spiro atoms. The lowest BCUT2D eigenvalue weighted by Gasteiger charge is -2.34. The largest absolute Gasteiger partial charge is 0.466 e. The van der Waals surface area contributed by atoms with Gasteiger partial charge in [0, 0.05) is 6.08 Å². The van der Waals surface area contributed by atoms with Crippen LogP contribution in [-0.2, 0) is 23.7 Å². The van der Waals surface area contributed by atoms with E-state index in [2.05, 4.69) is 4.74 Å². The predicted molar refractivity (Wildman–Crippen MR) is 70.0 cm³/mol. The monoisotopic (exact) mass is 286 g/mol. The number of aliphatic hydroxyl groups excluding tert-OH is 1. The summed E-state index contributed by atoms with van der Waals surface area (Å²) in [4.78, 5) is 11.2. The molecule has 2 rings (SSSR count). The fraction of sp³-hybridized carbons (Fsp3) is 0.786. The Kier molecular flexibility index (Phi) is 4.49. The van der Waals surface area contributed by atoms with Gasteiger partial charge >= 0.3 is 5.97 Å². The van der Waals surface area contributed by atoms with E-state index in [-0.39, 0.29) is 24.8 Å². The van der Waals surface area contributed by atoms with E-state index in [1.54, 1.807) is 0 Å². The molecule has 2 fully saturated rings. The van der Waals surface area contributed by atoms with Crippen molar-refractivity contribution in [3.05, 3.63) is 11.6 Å². The second kappa shape index (κ2) is 5.81. The van der Waals surface area contributed by atoms with Crippen LogP contribution in [0.15, 0.2) is 11.6 Å². The minimum absolute atomic E-state index is 0.205. The van der Waals surface area contributed by atoms with Crippen molar-refractivity contribution in [2.24, 2.45) is 0 Å². The molecule has 0 amide bonds. The third-order valence-electron chi connectivity index (χ3n) is 3.48. The Morgan fingerprint density at radius 1 is 1.40 bits per heavy atom. The van der Waals surface area contributed by atoms with Crippen molar-refractivity contribution in [3.8, 4) is 0 Å². The molecule has 4 unspecified atom stereocenters. The van der Waals surface area contributed by atoms with E-state index in [1.807, 2.05) is 20.8 Å². The van der Waals surface area contributed by atoms with E-state index >= 15 is 0 Å². The fourth-order valence-corrected chi connectivity index (χ4v) is 2.63. The van der Waals surface area contributed by atoms with Gasteiger partial charge in [-0.05, 0) is 27.2 Å². The van der Waals surface area contributed by atoms with Crippen LogP contribution in [0.5, 0.6) is 0 Å². The molecule has 0 radical (unpaired) electrons. The third kappa shape index (κ3) is 3.38. The molecule has 0 bridgehead atoms. The zero-order valence-corrected chi connectivity index (χ0v) is 12.3. The Morgan fingerprint density at radius 3 is 2.70 bits per heavy atom. The van der Waals surface area contributed by atoms with Crippen LogP contribution in [0.25, 0.3) is 0 Å². The smallest absolute Gasteiger partial charge is 0.330 e. The van der Waals surface area contributed by atoms with Gasteiger partial charge in [0.1, 0.15) is 18.3 Å². The summed E-state index contributed by atoms with van der Waals surface area (Å²) >= 11 is 0. The summed E-state index contributed by atoms with van der Waals surface area (Å²) in [5.41, 5.74) is 0.838. The summed E-state index contributed by atoms with van der Waals surface area (Å²) in [5.74, 6) is -1.12. The highest BCUT2D eigenvalue weighted by Gasteiger charge is 2.51. The number of aliphatic hydroxyl groups is 1. The molecule has 2 heterocycles. The Morgan fingerprint density at radius 2 is 2.05 bits per heavy atom.